The maximum absolute atomic E-state index is 12.2. The number of aliphatic hydroxyl groups is 2. The lowest BCUT2D eigenvalue weighted by atomic mass is 9.88. The van der Waals surface area contributed by atoms with Crippen LogP contribution in [-0.2, 0) is 4.79 Å². The number of aliphatic hydroxyl groups excluding tert-OH is 2. The Balaban J connectivity index is 2.62. The Morgan fingerprint density at radius 2 is 1.79 bits per heavy atom. The van der Waals surface area contributed by atoms with E-state index in [1.54, 1.807) is 12.1 Å². The summed E-state index contributed by atoms with van der Waals surface area (Å²) in [6, 6.07) is 9.17. The number of hydrogen-bond donors (Lipinski definition) is 2. The number of rotatable bonds is 8. The van der Waals surface area contributed by atoms with Gasteiger partial charge in [0.2, 0.25) is 0 Å². The monoisotopic (exact) mass is 264 g/mol. The van der Waals surface area contributed by atoms with Crippen LogP contribution in [0.1, 0.15) is 51.2 Å². The van der Waals surface area contributed by atoms with Crippen LogP contribution in [0.3, 0.4) is 0 Å². The zero-order valence-corrected chi connectivity index (χ0v) is 11.7. The lowest BCUT2D eigenvalue weighted by Gasteiger charge is -2.21. The third-order valence-electron chi connectivity index (χ3n) is 3.48. The van der Waals surface area contributed by atoms with Crippen molar-refractivity contribution in [1.29, 1.82) is 0 Å². The molecule has 0 heterocycles. The maximum atomic E-state index is 12.2. The molecule has 3 atom stereocenters. The highest BCUT2D eigenvalue weighted by molar-refractivity contribution is 5.82. The Morgan fingerprint density at radius 3 is 2.32 bits per heavy atom. The second kappa shape index (κ2) is 8.08. The van der Waals surface area contributed by atoms with E-state index in [4.69, 9.17) is 0 Å². The van der Waals surface area contributed by atoms with Crippen molar-refractivity contribution < 1.29 is 15.0 Å². The number of Topliss-reactive ketones (excluding diaryl/α,β-unsaturated/α-hetero) is 1. The summed E-state index contributed by atoms with van der Waals surface area (Å²) in [5.41, 5.74) is 0.746. The van der Waals surface area contributed by atoms with Crippen LogP contribution in [0.25, 0.3) is 0 Å². The average Bonchev–Trinajstić information content (AvgIpc) is 2.40. The zero-order valence-electron chi connectivity index (χ0n) is 11.7. The van der Waals surface area contributed by atoms with Gasteiger partial charge >= 0.3 is 0 Å². The number of ketones is 1. The minimum Gasteiger partial charge on any atom is -0.392 e. The van der Waals surface area contributed by atoms with E-state index in [1.807, 2.05) is 32.0 Å². The minimum atomic E-state index is -0.781. The molecule has 0 bridgehead atoms. The highest BCUT2D eigenvalue weighted by Gasteiger charge is 2.26. The van der Waals surface area contributed by atoms with E-state index >= 15 is 0 Å². The van der Waals surface area contributed by atoms with Gasteiger partial charge in [0, 0.05) is 12.3 Å². The summed E-state index contributed by atoms with van der Waals surface area (Å²) in [7, 11) is 0. The predicted molar refractivity (Wildman–Crippen MR) is 75.7 cm³/mol. The Morgan fingerprint density at radius 1 is 1.16 bits per heavy atom. The molecule has 0 fully saturated rings. The van der Waals surface area contributed by atoms with Gasteiger partial charge in [-0.25, -0.2) is 0 Å². The first-order chi connectivity index (χ1) is 9.10. The van der Waals surface area contributed by atoms with E-state index in [-0.39, 0.29) is 18.1 Å². The van der Waals surface area contributed by atoms with Crippen LogP contribution >= 0.6 is 0 Å². The third kappa shape index (κ3) is 4.77. The molecule has 2 N–H and O–H groups in total. The van der Waals surface area contributed by atoms with Crippen molar-refractivity contribution in [2.45, 2.75) is 51.7 Å². The quantitative estimate of drug-likeness (QED) is 0.759. The van der Waals surface area contributed by atoms with E-state index in [2.05, 4.69) is 0 Å². The van der Waals surface area contributed by atoms with Crippen molar-refractivity contribution in [2.24, 2.45) is 5.92 Å². The van der Waals surface area contributed by atoms with Gasteiger partial charge in [-0.05, 0) is 18.4 Å². The third-order valence-corrected chi connectivity index (χ3v) is 3.48. The van der Waals surface area contributed by atoms with E-state index < -0.39 is 12.2 Å². The Bertz CT molecular complexity index is 375. The van der Waals surface area contributed by atoms with Crippen molar-refractivity contribution in [1.82, 2.24) is 0 Å². The van der Waals surface area contributed by atoms with Crippen molar-refractivity contribution in [3.63, 3.8) is 0 Å². The highest BCUT2D eigenvalue weighted by atomic mass is 16.3. The van der Waals surface area contributed by atoms with E-state index in [9.17, 15) is 15.0 Å². The molecule has 3 nitrogen and oxygen atoms in total. The fourth-order valence-electron chi connectivity index (χ4n) is 2.35. The van der Waals surface area contributed by atoms with Crippen LogP contribution in [-0.4, -0.2) is 22.1 Å². The number of carbonyl (C=O) groups excluding carboxylic acids is 1. The van der Waals surface area contributed by atoms with Crippen molar-refractivity contribution in [3.05, 3.63) is 35.9 Å². The van der Waals surface area contributed by atoms with E-state index in [1.165, 1.54) is 0 Å². The molecule has 0 aromatic heterocycles. The summed E-state index contributed by atoms with van der Waals surface area (Å²) in [6.45, 7) is 3.88. The Kier molecular flexibility index (Phi) is 6.74. The topological polar surface area (TPSA) is 57.5 Å². The molecule has 1 aromatic carbocycles. The minimum absolute atomic E-state index is 0.0557. The number of benzene rings is 1. The van der Waals surface area contributed by atoms with Crippen LogP contribution in [0.15, 0.2) is 30.3 Å². The maximum Gasteiger partial charge on any atom is 0.141 e. The molecule has 0 spiro atoms. The molecule has 0 saturated heterocycles. The highest BCUT2D eigenvalue weighted by Crippen LogP contribution is 2.22. The van der Waals surface area contributed by atoms with Gasteiger partial charge in [-0.15, -0.1) is 0 Å². The molecule has 0 amide bonds. The summed E-state index contributed by atoms with van der Waals surface area (Å²) >= 11 is 0. The zero-order chi connectivity index (χ0) is 14.3. The first-order valence-electron chi connectivity index (χ1n) is 7.03. The molecule has 0 aliphatic heterocycles. The summed E-state index contributed by atoms with van der Waals surface area (Å²) in [5, 5.41) is 20.0. The van der Waals surface area contributed by atoms with Gasteiger partial charge in [-0.3, -0.25) is 4.79 Å². The van der Waals surface area contributed by atoms with Crippen LogP contribution in [0, 0.1) is 5.92 Å². The number of carbonyl (C=O) groups is 1. The molecule has 1 rings (SSSR count). The smallest absolute Gasteiger partial charge is 0.141 e. The van der Waals surface area contributed by atoms with Crippen LogP contribution < -0.4 is 0 Å². The Labute approximate surface area is 115 Å². The molecule has 0 unspecified atom stereocenters. The summed E-state index contributed by atoms with van der Waals surface area (Å²) < 4.78 is 0. The number of hydrogen-bond acceptors (Lipinski definition) is 3. The molecule has 19 heavy (non-hydrogen) atoms. The standard InChI is InChI=1S/C16H24O3/c1-3-8-14(17)13(4-2)16(19)11-15(18)12-9-6-5-7-10-12/h5-7,9-10,13-15,17-18H,3-4,8,11H2,1-2H3/t13-,14+,15-/m1/s1. The average molecular weight is 264 g/mol. The first kappa shape index (κ1) is 15.9. The second-order valence-electron chi connectivity index (χ2n) is 4.97. The van der Waals surface area contributed by atoms with Gasteiger partial charge in [-0.2, -0.15) is 0 Å². The van der Waals surface area contributed by atoms with Crippen molar-refractivity contribution >= 4 is 5.78 Å². The van der Waals surface area contributed by atoms with Gasteiger partial charge in [0.1, 0.15) is 5.78 Å². The van der Waals surface area contributed by atoms with Gasteiger partial charge in [0.15, 0.2) is 0 Å². The Hall–Kier alpha value is -1.19. The van der Waals surface area contributed by atoms with Gasteiger partial charge in [-0.1, -0.05) is 50.6 Å². The van der Waals surface area contributed by atoms with Gasteiger partial charge < -0.3 is 10.2 Å². The molecular weight excluding hydrogens is 240 g/mol. The predicted octanol–water partition coefficient (Wildman–Crippen LogP) is 2.87. The fourth-order valence-corrected chi connectivity index (χ4v) is 2.35. The second-order valence-corrected chi connectivity index (χ2v) is 4.97. The molecule has 106 valence electrons. The molecule has 0 radical (unpaired) electrons. The summed E-state index contributed by atoms with van der Waals surface area (Å²) in [5.74, 6) is -0.418. The molecule has 0 aliphatic rings. The van der Waals surface area contributed by atoms with Gasteiger partial charge in [0.25, 0.3) is 0 Å². The van der Waals surface area contributed by atoms with Crippen molar-refractivity contribution in [2.75, 3.05) is 0 Å². The van der Waals surface area contributed by atoms with Crippen LogP contribution in [0.5, 0.6) is 0 Å². The fraction of sp³-hybridized carbons (Fsp3) is 0.562. The van der Waals surface area contributed by atoms with Crippen LogP contribution in [0.2, 0.25) is 0 Å². The lowest BCUT2D eigenvalue weighted by molar-refractivity contribution is -0.128. The largest absolute Gasteiger partial charge is 0.392 e. The molecule has 3 heteroatoms. The van der Waals surface area contributed by atoms with E-state index in [0.717, 1.165) is 12.0 Å². The first-order valence-corrected chi connectivity index (χ1v) is 7.03. The lowest BCUT2D eigenvalue weighted by Crippen LogP contribution is -2.28. The molecular formula is C16H24O3. The van der Waals surface area contributed by atoms with Crippen LogP contribution in [0.4, 0.5) is 0 Å². The van der Waals surface area contributed by atoms with Gasteiger partial charge in [0.05, 0.1) is 12.2 Å². The molecule has 1 aromatic rings. The SMILES string of the molecule is CCC[C@H](O)[C@@H](CC)C(=O)C[C@@H](O)c1ccccc1. The molecule has 0 saturated carbocycles. The van der Waals surface area contributed by atoms with Crippen molar-refractivity contribution in [3.8, 4) is 0 Å². The summed E-state index contributed by atoms with van der Waals surface area (Å²) in [4.78, 5) is 12.2. The normalized spacial score (nSPS) is 15.8. The van der Waals surface area contributed by atoms with E-state index in [0.29, 0.717) is 12.8 Å². The molecule has 0 aliphatic carbocycles. The summed E-state index contributed by atoms with van der Waals surface area (Å²) in [6.07, 6.45) is 0.796.